The van der Waals surface area contributed by atoms with Crippen molar-refractivity contribution in [2.45, 2.75) is 20.3 Å². The zero-order chi connectivity index (χ0) is 18.1. The first-order chi connectivity index (χ1) is 12.7. The minimum Gasteiger partial charge on any atom is -0.296 e. The fourth-order valence-electron chi connectivity index (χ4n) is 3.21. The van der Waals surface area contributed by atoms with E-state index in [0.29, 0.717) is 5.56 Å². The van der Waals surface area contributed by atoms with Crippen LogP contribution in [0.3, 0.4) is 0 Å². The third kappa shape index (κ3) is 2.80. The minimum absolute atomic E-state index is 0.0525. The third-order valence-corrected chi connectivity index (χ3v) is 4.51. The van der Waals surface area contributed by atoms with Gasteiger partial charge in [0.15, 0.2) is 5.78 Å². The molecular formula is C22H19N3O. The molecule has 4 nitrogen and oxygen atoms in total. The van der Waals surface area contributed by atoms with Crippen molar-refractivity contribution in [3.05, 3.63) is 78.2 Å². The lowest BCUT2D eigenvalue weighted by Crippen LogP contribution is -2.00. The van der Waals surface area contributed by atoms with Crippen LogP contribution in [0.15, 0.2) is 66.9 Å². The zero-order valence-corrected chi connectivity index (χ0v) is 14.8. The Bertz CT molecular complexity index is 1100. The quantitative estimate of drug-likeness (QED) is 0.498. The van der Waals surface area contributed by atoms with Gasteiger partial charge < -0.3 is 0 Å². The number of aromatic nitrogens is 3. The Kier molecular flexibility index (Phi) is 4.09. The molecule has 2 aromatic carbocycles. The van der Waals surface area contributed by atoms with Gasteiger partial charge in [-0.3, -0.25) is 14.3 Å². The van der Waals surface area contributed by atoms with Crippen molar-refractivity contribution in [1.29, 1.82) is 0 Å². The summed E-state index contributed by atoms with van der Waals surface area (Å²) in [5.74, 6) is 1.02. The molecule has 0 N–H and O–H groups in total. The van der Waals surface area contributed by atoms with E-state index in [1.807, 2.05) is 42.5 Å². The van der Waals surface area contributed by atoms with E-state index < -0.39 is 0 Å². The van der Waals surface area contributed by atoms with Crippen LogP contribution in [-0.4, -0.2) is 20.3 Å². The molecule has 0 saturated carbocycles. The summed E-state index contributed by atoms with van der Waals surface area (Å²) >= 11 is 0. The first-order valence-electron chi connectivity index (χ1n) is 8.71. The molecule has 2 heterocycles. The summed E-state index contributed by atoms with van der Waals surface area (Å²) < 4.78 is 2.16. The average Bonchev–Trinajstić information content (AvgIpc) is 3.06. The molecule has 0 amide bonds. The number of aryl methyl sites for hydroxylation is 1. The molecule has 128 valence electrons. The van der Waals surface area contributed by atoms with Crippen LogP contribution in [0.2, 0.25) is 0 Å². The highest BCUT2D eigenvalue weighted by Crippen LogP contribution is 2.26. The van der Waals surface area contributed by atoms with Crippen molar-refractivity contribution in [2.75, 3.05) is 0 Å². The number of nitrogens with zero attached hydrogens (tertiary/aromatic N) is 3. The second-order valence-electron chi connectivity index (χ2n) is 6.24. The SMILES string of the molecule is CCc1nc2cc(C(C)=O)ccc2n1-c1cccc(-c2ccccn2)c1. The Labute approximate surface area is 152 Å². The van der Waals surface area contributed by atoms with E-state index in [2.05, 4.69) is 34.7 Å². The predicted octanol–water partition coefficient (Wildman–Crippen LogP) is 4.85. The van der Waals surface area contributed by atoms with Gasteiger partial charge in [0, 0.05) is 29.4 Å². The highest BCUT2D eigenvalue weighted by Gasteiger charge is 2.13. The molecule has 0 aliphatic carbocycles. The lowest BCUT2D eigenvalue weighted by molar-refractivity contribution is 0.101. The largest absolute Gasteiger partial charge is 0.296 e. The Morgan fingerprint density at radius 1 is 1.04 bits per heavy atom. The van der Waals surface area contributed by atoms with E-state index in [-0.39, 0.29) is 5.78 Å². The first kappa shape index (κ1) is 16.2. The number of pyridine rings is 1. The summed E-state index contributed by atoms with van der Waals surface area (Å²) in [5, 5.41) is 0. The molecule has 0 bridgehead atoms. The molecular weight excluding hydrogens is 322 g/mol. The number of imidazole rings is 1. The second-order valence-corrected chi connectivity index (χ2v) is 6.24. The summed E-state index contributed by atoms with van der Waals surface area (Å²) in [7, 11) is 0. The minimum atomic E-state index is 0.0525. The standard InChI is InChI=1S/C22H19N3O/c1-3-22-24-20-14-16(15(2)26)10-11-21(20)25(22)18-8-6-7-17(13-18)19-9-4-5-12-23-19/h4-14H,3H2,1-2H3. The number of benzene rings is 2. The molecule has 0 unspecified atom stereocenters. The van der Waals surface area contributed by atoms with E-state index >= 15 is 0 Å². The molecule has 4 rings (SSSR count). The summed E-state index contributed by atoms with van der Waals surface area (Å²) in [6, 6.07) is 19.9. The van der Waals surface area contributed by atoms with Crippen molar-refractivity contribution in [2.24, 2.45) is 0 Å². The van der Waals surface area contributed by atoms with Gasteiger partial charge in [0.25, 0.3) is 0 Å². The number of carbonyl (C=O) groups excluding carboxylic acids is 1. The summed E-state index contributed by atoms with van der Waals surface area (Å²) in [4.78, 5) is 20.9. The molecule has 4 aromatic rings. The second kappa shape index (κ2) is 6.56. The smallest absolute Gasteiger partial charge is 0.159 e. The van der Waals surface area contributed by atoms with E-state index in [1.165, 1.54) is 0 Å². The molecule has 26 heavy (non-hydrogen) atoms. The Morgan fingerprint density at radius 2 is 1.92 bits per heavy atom. The highest BCUT2D eigenvalue weighted by molar-refractivity contribution is 5.97. The fraction of sp³-hybridized carbons (Fsp3) is 0.136. The maximum absolute atomic E-state index is 11.7. The van der Waals surface area contributed by atoms with Crippen LogP contribution in [0, 0.1) is 0 Å². The van der Waals surface area contributed by atoms with Crippen LogP contribution < -0.4 is 0 Å². The molecule has 4 heteroatoms. The molecule has 0 spiro atoms. The lowest BCUT2D eigenvalue weighted by atomic mass is 10.1. The highest BCUT2D eigenvalue weighted by atomic mass is 16.1. The maximum atomic E-state index is 11.7. The number of hydrogen-bond acceptors (Lipinski definition) is 3. The molecule has 0 atom stereocenters. The van der Waals surface area contributed by atoms with Crippen LogP contribution in [0.4, 0.5) is 0 Å². The number of hydrogen-bond donors (Lipinski definition) is 0. The molecule has 0 aliphatic heterocycles. The predicted molar refractivity (Wildman–Crippen MR) is 104 cm³/mol. The van der Waals surface area contributed by atoms with Gasteiger partial charge in [-0.25, -0.2) is 4.98 Å². The summed E-state index contributed by atoms with van der Waals surface area (Å²) in [5.41, 5.74) is 5.58. The van der Waals surface area contributed by atoms with Crippen molar-refractivity contribution in [3.63, 3.8) is 0 Å². The Hall–Kier alpha value is -3.27. The third-order valence-electron chi connectivity index (χ3n) is 4.51. The van der Waals surface area contributed by atoms with Crippen molar-refractivity contribution in [3.8, 4) is 16.9 Å². The number of rotatable bonds is 4. The molecule has 0 aliphatic rings. The Morgan fingerprint density at radius 3 is 2.65 bits per heavy atom. The van der Waals surface area contributed by atoms with Gasteiger partial charge in [0.05, 0.1) is 16.7 Å². The van der Waals surface area contributed by atoms with E-state index in [9.17, 15) is 4.79 Å². The van der Waals surface area contributed by atoms with Crippen LogP contribution in [0.25, 0.3) is 28.0 Å². The monoisotopic (exact) mass is 341 g/mol. The van der Waals surface area contributed by atoms with Crippen LogP contribution >= 0.6 is 0 Å². The van der Waals surface area contributed by atoms with Gasteiger partial charge in [-0.05, 0) is 49.4 Å². The number of fused-ring (bicyclic) bond motifs is 1. The van der Waals surface area contributed by atoms with Crippen molar-refractivity contribution in [1.82, 2.24) is 14.5 Å². The van der Waals surface area contributed by atoms with Gasteiger partial charge in [-0.2, -0.15) is 0 Å². The van der Waals surface area contributed by atoms with Gasteiger partial charge in [-0.1, -0.05) is 25.1 Å². The van der Waals surface area contributed by atoms with Crippen LogP contribution in [0.5, 0.6) is 0 Å². The molecule has 0 saturated heterocycles. The molecule has 0 fully saturated rings. The van der Waals surface area contributed by atoms with Gasteiger partial charge in [0.2, 0.25) is 0 Å². The van der Waals surface area contributed by atoms with E-state index in [4.69, 9.17) is 4.98 Å². The summed E-state index contributed by atoms with van der Waals surface area (Å²) in [6.45, 7) is 3.67. The normalized spacial score (nSPS) is 11.0. The molecule has 2 aromatic heterocycles. The summed E-state index contributed by atoms with van der Waals surface area (Å²) in [6.07, 6.45) is 2.60. The van der Waals surface area contributed by atoms with E-state index in [1.54, 1.807) is 13.1 Å². The van der Waals surface area contributed by atoms with Gasteiger partial charge in [-0.15, -0.1) is 0 Å². The first-order valence-corrected chi connectivity index (χ1v) is 8.71. The fourth-order valence-corrected chi connectivity index (χ4v) is 3.21. The molecule has 0 radical (unpaired) electrons. The zero-order valence-electron chi connectivity index (χ0n) is 14.8. The number of Topliss-reactive ketones (excluding diaryl/α,β-unsaturated/α-hetero) is 1. The maximum Gasteiger partial charge on any atom is 0.159 e. The average molecular weight is 341 g/mol. The van der Waals surface area contributed by atoms with Gasteiger partial charge >= 0.3 is 0 Å². The lowest BCUT2D eigenvalue weighted by Gasteiger charge is -2.10. The number of ketones is 1. The topological polar surface area (TPSA) is 47.8 Å². The van der Waals surface area contributed by atoms with E-state index in [0.717, 1.165) is 40.2 Å². The van der Waals surface area contributed by atoms with Gasteiger partial charge in [0.1, 0.15) is 5.82 Å². The van der Waals surface area contributed by atoms with Crippen LogP contribution in [0.1, 0.15) is 30.0 Å². The Balaban J connectivity index is 1.90. The van der Waals surface area contributed by atoms with Crippen molar-refractivity contribution < 1.29 is 4.79 Å². The number of carbonyl (C=O) groups is 1. The van der Waals surface area contributed by atoms with Crippen LogP contribution in [-0.2, 0) is 6.42 Å². The van der Waals surface area contributed by atoms with Crippen molar-refractivity contribution >= 4 is 16.8 Å².